The maximum Gasteiger partial charge on any atom is 0.0182 e. The van der Waals surface area contributed by atoms with Crippen molar-refractivity contribution in [1.29, 1.82) is 0 Å². The summed E-state index contributed by atoms with van der Waals surface area (Å²) in [5.74, 6) is 0.751. The SMILES string of the molecule is CCC(CC)C1(N)CCCCCCC1. The molecule has 0 aromatic rings. The van der Waals surface area contributed by atoms with Gasteiger partial charge in [-0.2, -0.15) is 0 Å². The minimum atomic E-state index is 0.171. The Balaban J connectivity index is 2.56. The van der Waals surface area contributed by atoms with Gasteiger partial charge in [0.1, 0.15) is 0 Å². The molecule has 0 bridgehead atoms. The van der Waals surface area contributed by atoms with Gasteiger partial charge in [0, 0.05) is 5.54 Å². The highest BCUT2D eigenvalue weighted by molar-refractivity contribution is 4.90. The van der Waals surface area contributed by atoms with Crippen LogP contribution in [0, 0.1) is 5.92 Å². The van der Waals surface area contributed by atoms with Crippen molar-refractivity contribution in [2.24, 2.45) is 11.7 Å². The lowest BCUT2D eigenvalue weighted by Crippen LogP contribution is -2.47. The second-order valence-electron chi connectivity index (χ2n) is 5.01. The first-order valence-corrected chi connectivity index (χ1v) is 6.52. The van der Waals surface area contributed by atoms with Crippen LogP contribution in [0.4, 0.5) is 0 Å². The molecule has 1 rings (SSSR count). The third kappa shape index (κ3) is 2.98. The molecule has 0 spiro atoms. The molecule has 0 unspecified atom stereocenters. The average Bonchev–Trinajstić information content (AvgIpc) is 2.14. The number of nitrogens with two attached hydrogens (primary N) is 1. The van der Waals surface area contributed by atoms with Gasteiger partial charge in [0.2, 0.25) is 0 Å². The molecule has 1 aliphatic rings. The molecular formula is C13H27N. The van der Waals surface area contributed by atoms with Gasteiger partial charge in [-0.15, -0.1) is 0 Å². The zero-order chi connectivity index (χ0) is 10.4. The molecule has 0 heterocycles. The fourth-order valence-corrected chi connectivity index (χ4v) is 3.07. The van der Waals surface area contributed by atoms with Crippen molar-refractivity contribution in [2.75, 3.05) is 0 Å². The van der Waals surface area contributed by atoms with E-state index in [-0.39, 0.29) is 5.54 Å². The summed E-state index contributed by atoms with van der Waals surface area (Å²) in [6, 6.07) is 0. The third-order valence-corrected chi connectivity index (χ3v) is 4.08. The molecule has 0 radical (unpaired) electrons. The first-order valence-electron chi connectivity index (χ1n) is 6.52. The van der Waals surface area contributed by atoms with Crippen molar-refractivity contribution in [3.05, 3.63) is 0 Å². The van der Waals surface area contributed by atoms with E-state index in [2.05, 4.69) is 13.8 Å². The lowest BCUT2D eigenvalue weighted by atomic mass is 9.73. The van der Waals surface area contributed by atoms with Gasteiger partial charge in [-0.25, -0.2) is 0 Å². The van der Waals surface area contributed by atoms with Gasteiger partial charge in [-0.1, -0.05) is 58.8 Å². The van der Waals surface area contributed by atoms with Gasteiger partial charge >= 0.3 is 0 Å². The van der Waals surface area contributed by atoms with Crippen LogP contribution in [-0.4, -0.2) is 5.54 Å². The Morgan fingerprint density at radius 3 is 1.79 bits per heavy atom. The molecule has 1 heteroatoms. The van der Waals surface area contributed by atoms with Crippen molar-refractivity contribution < 1.29 is 0 Å². The number of rotatable bonds is 3. The predicted octanol–water partition coefficient (Wildman–Crippen LogP) is 3.86. The zero-order valence-electron chi connectivity index (χ0n) is 10.0. The van der Waals surface area contributed by atoms with E-state index >= 15 is 0 Å². The first-order chi connectivity index (χ1) is 6.73. The molecule has 1 fully saturated rings. The molecule has 1 nitrogen and oxygen atoms in total. The van der Waals surface area contributed by atoms with E-state index in [4.69, 9.17) is 5.73 Å². The minimum Gasteiger partial charge on any atom is -0.325 e. The molecule has 2 N–H and O–H groups in total. The summed E-state index contributed by atoms with van der Waals surface area (Å²) >= 11 is 0. The molecule has 1 aliphatic carbocycles. The number of hydrogen-bond donors (Lipinski definition) is 1. The van der Waals surface area contributed by atoms with E-state index in [0.29, 0.717) is 0 Å². The molecule has 0 aromatic carbocycles. The quantitative estimate of drug-likeness (QED) is 0.730. The Bertz CT molecular complexity index is 141. The van der Waals surface area contributed by atoms with E-state index in [0.717, 1.165) is 5.92 Å². The highest BCUT2D eigenvalue weighted by Crippen LogP contribution is 2.33. The summed E-state index contributed by atoms with van der Waals surface area (Å²) in [6.45, 7) is 4.59. The largest absolute Gasteiger partial charge is 0.325 e. The molecule has 0 amide bonds. The summed E-state index contributed by atoms with van der Waals surface area (Å²) in [7, 11) is 0. The van der Waals surface area contributed by atoms with Gasteiger partial charge < -0.3 is 5.73 Å². The summed E-state index contributed by atoms with van der Waals surface area (Å²) < 4.78 is 0. The monoisotopic (exact) mass is 197 g/mol. The highest BCUT2D eigenvalue weighted by Gasteiger charge is 2.31. The van der Waals surface area contributed by atoms with Gasteiger partial charge in [-0.3, -0.25) is 0 Å². The lowest BCUT2D eigenvalue weighted by molar-refractivity contribution is 0.200. The summed E-state index contributed by atoms with van der Waals surface area (Å²) in [4.78, 5) is 0. The summed E-state index contributed by atoms with van der Waals surface area (Å²) in [5, 5.41) is 0. The van der Waals surface area contributed by atoms with Gasteiger partial charge in [0.25, 0.3) is 0 Å². The highest BCUT2D eigenvalue weighted by atomic mass is 14.8. The van der Waals surface area contributed by atoms with Crippen LogP contribution in [-0.2, 0) is 0 Å². The van der Waals surface area contributed by atoms with Crippen molar-refractivity contribution in [1.82, 2.24) is 0 Å². The molecule has 84 valence electrons. The van der Waals surface area contributed by atoms with Crippen LogP contribution in [0.3, 0.4) is 0 Å². The van der Waals surface area contributed by atoms with Crippen LogP contribution < -0.4 is 5.73 Å². The summed E-state index contributed by atoms with van der Waals surface area (Å²) in [5.41, 5.74) is 6.76. The van der Waals surface area contributed by atoms with Crippen LogP contribution >= 0.6 is 0 Å². The van der Waals surface area contributed by atoms with Crippen molar-refractivity contribution in [2.45, 2.75) is 77.2 Å². The standard InChI is InChI=1S/C13H27N/c1-3-12(4-2)13(14)10-8-6-5-7-9-11-13/h12H,3-11,14H2,1-2H3. The smallest absolute Gasteiger partial charge is 0.0182 e. The van der Waals surface area contributed by atoms with E-state index in [1.165, 1.54) is 57.8 Å². The molecule has 14 heavy (non-hydrogen) atoms. The van der Waals surface area contributed by atoms with Crippen molar-refractivity contribution in [3.8, 4) is 0 Å². The molecule has 0 aromatic heterocycles. The second-order valence-corrected chi connectivity index (χ2v) is 5.01. The molecule has 0 saturated heterocycles. The fraction of sp³-hybridized carbons (Fsp3) is 1.00. The molecular weight excluding hydrogens is 170 g/mol. The normalized spacial score (nSPS) is 23.1. The first kappa shape index (κ1) is 12.0. The van der Waals surface area contributed by atoms with Gasteiger partial charge in [0.15, 0.2) is 0 Å². The number of hydrogen-bond acceptors (Lipinski definition) is 1. The average molecular weight is 197 g/mol. The summed E-state index contributed by atoms with van der Waals surface area (Å²) in [6.07, 6.45) is 12.0. The Kier molecular flexibility index (Phi) is 4.94. The van der Waals surface area contributed by atoms with E-state index < -0.39 is 0 Å². The zero-order valence-corrected chi connectivity index (χ0v) is 10.0. The van der Waals surface area contributed by atoms with Crippen LogP contribution in [0.2, 0.25) is 0 Å². The third-order valence-electron chi connectivity index (χ3n) is 4.08. The van der Waals surface area contributed by atoms with E-state index in [9.17, 15) is 0 Å². The van der Waals surface area contributed by atoms with Crippen LogP contribution in [0.15, 0.2) is 0 Å². The minimum absolute atomic E-state index is 0.171. The topological polar surface area (TPSA) is 26.0 Å². The van der Waals surface area contributed by atoms with Gasteiger partial charge in [0.05, 0.1) is 0 Å². The Labute approximate surface area is 89.5 Å². The maximum absolute atomic E-state index is 6.59. The van der Waals surface area contributed by atoms with Crippen LogP contribution in [0.1, 0.15) is 71.6 Å². The maximum atomic E-state index is 6.59. The predicted molar refractivity (Wildman–Crippen MR) is 63.3 cm³/mol. The fourth-order valence-electron chi connectivity index (χ4n) is 3.07. The Hall–Kier alpha value is -0.0400. The lowest BCUT2D eigenvalue weighted by Gasteiger charge is -2.38. The van der Waals surface area contributed by atoms with Crippen LogP contribution in [0.5, 0.6) is 0 Å². The van der Waals surface area contributed by atoms with Crippen molar-refractivity contribution >= 4 is 0 Å². The molecule has 0 atom stereocenters. The molecule has 0 aliphatic heterocycles. The molecule has 1 saturated carbocycles. The van der Waals surface area contributed by atoms with Crippen LogP contribution in [0.25, 0.3) is 0 Å². The second kappa shape index (κ2) is 5.75. The van der Waals surface area contributed by atoms with Crippen molar-refractivity contribution in [3.63, 3.8) is 0 Å². The van der Waals surface area contributed by atoms with E-state index in [1.807, 2.05) is 0 Å². The Morgan fingerprint density at radius 2 is 1.36 bits per heavy atom. The van der Waals surface area contributed by atoms with Gasteiger partial charge in [-0.05, 0) is 18.8 Å². The Morgan fingerprint density at radius 1 is 0.929 bits per heavy atom. The van der Waals surface area contributed by atoms with E-state index in [1.54, 1.807) is 0 Å².